The van der Waals surface area contributed by atoms with Crippen molar-refractivity contribution < 1.29 is 4.79 Å². The third-order valence-corrected chi connectivity index (χ3v) is 3.69. The lowest BCUT2D eigenvalue weighted by molar-refractivity contribution is -0.122. The molecule has 0 radical (unpaired) electrons. The highest BCUT2D eigenvalue weighted by molar-refractivity contribution is 7.99. The number of nitrogens with two attached hydrogens (primary N) is 1. The molecule has 82 valence electrons. The minimum absolute atomic E-state index is 0.326. The first-order chi connectivity index (χ1) is 7.08. The number of hydrogen-bond donors (Lipinski definition) is 2. The molecule has 0 aliphatic carbocycles. The van der Waals surface area contributed by atoms with E-state index in [1.54, 1.807) is 18.8 Å². The van der Waals surface area contributed by atoms with Crippen LogP contribution in [0.4, 0.5) is 0 Å². The van der Waals surface area contributed by atoms with Crippen LogP contribution in [0.2, 0.25) is 0 Å². The normalized spacial score (nSPS) is 14.5. The van der Waals surface area contributed by atoms with Crippen LogP contribution in [0.25, 0.3) is 0 Å². The van der Waals surface area contributed by atoms with E-state index in [-0.39, 0.29) is 5.91 Å². The maximum atomic E-state index is 11.2. The third-order valence-electron chi connectivity index (χ3n) is 2.37. The molecule has 0 heterocycles. The van der Waals surface area contributed by atoms with Gasteiger partial charge in [-0.25, -0.2) is 0 Å². The molecule has 1 unspecified atom stereocenters. The monoisotopic (exact) mass is 224 g/mol. The summed E-state index contributed by atoms with van der Waals surface area (Å²) in [5, 5.41) is 2.95. The Bertz CT molecular complexity index is 329. The number of amides is 1. The second kappa shape index (κ2) is 5.19. The molecule has 0 fully saturated rings. The third kappa shape index (κ3) is 3.25. The second-order valence-electron chi connectivity index (χ2n) is 3.55. The zero-order valence-electron chi connectivity index (χ0n) is 8.99. The predicted molar refractivity (Wildman–Crippen MR) is 63.8 cm³/mol. The fraction of sp³-hybridized carbons (Fsp3) is 0.364. The first kappa shape index (κ1) is 12.1. The number of carbonyl (C=O) groups excluding carboxylic acids is 1. The number of rotatable bonds is 5. The Hall–Kier alpha value is -1.00. The summed E-state index contributed by atoms with van der Waals surface area (Å²) in [4.78, 5) is 12.4. The molecular weight excluding hydrogens is 208 g/mol. The van der Waals surface area contributed by atoms with E-state index in [0.717, 1.165) is 4.90 Å². The summed E-state index contributed by atoms with van der Waals surface area (Å²) in [5.74, 6) is 0.302. The van der Waals surface area contributed by atoms with Crippen LogP contribution in [0.1, 0.15) is 6.92 Å². The molecule has 1 rings (SSSR count). The molecule has 1 aromatic rings. The van der Waals surface area contributed by atoms with Gasteiger partial charge in [-0.2, -0.15) is 0 Å². The van der Waals surface area contributed by atoms with Crippen molar-refractivity contribution in [3.8, 4) is 0 Å². The topological polar surface area (TPSA) is 55.1 Å². The Morgan fingerprint density at radius 3 is 2.53 bits per heavy atom. The van der Waals surface area contributed by atoms with Crippen molar-refractivity contribution >= 4 is 17.7 Å². The molecule has 3 nitrogen and oxygen atoms in total. The Kier molecular flexibility index (Phi) is 4.17. The number of primary amides is 1. The van der Waals surface area contributed by atoms with Crippen LogP contribution in [0.5, 0.6) is 0 Å². The van der Waals surface area contributed by atoms with E-state index in [9.17, 15) is 4.79 Å². The summed E-state index contributed by atoms with van der Waals surface area (Å²) in [7, 11) is 1.75. The summed E-state index contributed by atoms with van der Waals surface area (Å²) in [6, 6.07) is 9.95. The van der Waals surface area contributed by atoms with Gasteiger partial charge in [-0.1, -0.05) is 18.2 Å². The van der Waals surface area contributed by atoms with Gasteiger partial charge in [-0.05, 0) is 26.1 Å². The van der Waals surface area contributed by atoms with E-state index in [4.69, 9.17) is 5.73 Å². The first-order valence-corrected chi connectivity index (χ1v) is 5.74. The van der Waals surface area contributed by atoms with E-state index in [1.807, 2.05) is 37.3 Å². The zero-order valence-corrected chi connectivity index (χ0v) is 9.80. The van der Waals surface area contributed by atoms with Gasteiger partial charge in [0.1, 0.15) is 5.54 Å². The Balaban J connectivity index is 2.59. The van der Waals surface area contributed by atoms with Crippen molar-refractivity contribution in [3.63, 3.8) is 0 Å². The fourth-order valence-corrected chi connectivity index (χ4v) is 2.10. The van der Waals surface area contributed by atoms with Gasteiger partial charge in [0.2, 0.25) is 5.91 Å². The summed E-state index contributed by atoms with van der Waals surface area (Å²) in [6.45, 7) is 1.81. The van der Waals surface area contributed by atoms with E-state index in [2.05, 4.69) is 5.32 Å². The Morgan fingerprint density at radius 1 is 1.47 bits per heavy atom. The van der Waals surface area contributed by atoms with Gasteiger partial charge < -0.3 is 11.1 Å². The molecule has 0 aliphatic heterocycles. The van der Waals surface area contributed by atoms with E-state index >= 15 is 0 Å². The maximum Gasteiger partial charge on any atom is 0.238 e. The summed E-state index contributed by atoms with van der Waals surface area (Å²) in [6.07, 6.45) is 0. The Labute approximate surface area is 94.4 Å². The molecular formula is C11H16N2OS. The number of benzene rings is 1. The summed E-state index contributed by atoms with van der Waals surface area (Å²) in [5.41, 5.74) is 4.68. The lowest BCUT2D eigenvalue weighted by atomic mass is 10.1. The average Bonchev–Trinajstić information content (AvgIpc) is 2.27. The summed E-state index contributed by atoms with van der Waals surface area (Å²) < 4.78 is 0. The molecule has 3 N–H and O–H groups in total. The smallest absolute Gasteiger partial charge is 0.238 e. The van der Waals surface area contributed by atoms with Gasteiger partial charge in [-0.3, -0.25) is 4.79 Å². The highest BCUT2D eigenvalue weighted by Gasteiger charge is 2.28. The van der Waals surface area contributed by atoms with Gasteiger partial charge in [0.25, 0.3) is 0 Å². The largest absolute Gasteiger partial charge is 0.368 e. The highest BCUT2D eigenvalue weighted by Crippen LogP contribution is 2.21. The van der Waals surface area contributed by atoms with Crippen LogP contribution in [0, 0.1) is 0 Å². The molecule has 0 saturated heterocycles. The van der Waals surface area contributed by atoms with E-state index in [0.29, 0.717) is 5.75 Å². The fourth-order valence-electron chi connectivity index (χ4n) is 1.01. The zero-order chi connectivity index (χ0) is 11.3. The number of hydrogen-bond acceptors (Lipinski definition) is 3. The lowest BCUT2D eigenvalue weighted by Gasteiger charge is -2.24. The minimum atomic E-state index is -0.652. The van der Waals surface area contributed by atoms with Crippen molar-refractivity contribution in [2.75, 3.05) is 12.8 Å². The molecule has 0 spiro atoms. The van der Waals surface area contributed by atoms with Gasteiger partial charge in [-0.15, -0.1) is 11.8 Å². The Morgan fingerprint density at radius 2 is 2.07 bits per heavy atom. The quantitative estimate of drug-likeness (QED) is 0.740. The van der Waals surface area contributed by atoms with Crippen molar-refractivity contribution in [3.05, 3.63) is 30.3 Å². The molecule has 0 bridgehead atoms. The molecule has 15 heavy (non-hydrogen) atoms. The molecule has 1 aromatic carbocycles. The minimum Gasteiger partial charge on any atom is -0.368 e. The van der Waals surface area contributed by atoms with Gasteiger partial charge in [0.15, 0.2) is 0 Å². The molecule has 1 atom stereocenters. The van der Waals surface area contributed by atoms with Crippen LogP contribution in [0.15, 0.2) is 35.2 Å². The van der Waals surface area contributed by atoms with Crippen LogP contribution in [0.3, 0.4) is 0 Å². The van der Waals surface area contributed by atoms with Crippen molar-refractivity contribution in [1.29, 1.82) is 0 Å². The second-order valence-corrected chi connectivity index (χ2v) is 4.60. The van der Waals surface area contributed by atoms with Gasteiger partial charge in [0, 0.05) is 10.6 Å². The van der Waals surface area contributed by atoms with Crippen molar-refractivity contribution in [2.45, 2.75) is 17.4 Å². The highest BCUT2D eigenvalue weighted by atomic mass is 32.2. The standard InChI is InChI=1S/C11H16N2OS/c1-11(13-2,10(12)14)8-15-9-6-4-3-5-7-9/h3-7,13H,8H2,1-2H3,(H2,12,14). The molecule has 0 aliphatic rings. The van der Waals surface area contributed by atoms with Crippen LogP contribution in [-0.4, -0.2) is 24.2 Å². The average molecular weight is 224 g/mol. The number of nitrogens with one attached hydrogen (secondary N) is 1. The number of likely N-dealkylation sites (N-methyl/N-ethyl adjacent to an activating group) is 1. The molecule has 4 heteroatoms. The van der Waals surface area contributed by atoms with Crippen LogP contribution >= 0.6 is 11.8 Å². The van der Waals surface area contributed by atoms with Crippen molar-refractivity contribution in [1.82, 2.24) is 5.32 Å². The summed E-state index contributed by atoms with van der Waals surface area (Å²) >= 11 is 1.62. The number of carbonyl (C=O) groups is 1. The van der Waals surface area contributed by atoms with Gasteiger partial charge >= 0.3 is 0 Å². The molecule has 0 saturated carbocycles. The first-order valence-electron chi connectivity index (χ1n) is 4.75. The lowest BCUT2D eigenvalue weighted by Crippen LogP contribution is -2.53. The van der Waals surface area contributed by atoms with Crippen LogP contribution < -0.4 is 11.1 Å². The van der Waals surface area contributed by atoms with E-state index < -0.39 is 5.54 Å². The number of thioether (sulfide) groups is 1. The van der Waals surface area contributed by atoms with Crippen LogP contribution in [-0.2, 0) is 4.79 Å². The maximum absolute atomic E-state index is 11.2. The predicted octanol–water partition coefficient (Wildman–Crippen LogP) is 1.24. The SMILES string of the molecule is CNC(C)(CSc1ccccc1)C(N)=O. The molecule has 0 aromatic heterocycles. The van der Waals surface area contributed by atoms with Crippen molar-refractivity contribution in [2.24, 2.45) is 5.73 Å². The molecule has 1 amide bonds. The van der Waals surface area contributed by atoms with Gasteiger partial charge in [0.05, 0.1) is 0 Å². The van der Waals surface area contributed by atoms with E-state index in [1.165, 1.54) is 0 Å².